The smallest absolute Gasteiger partial charge is 0.0430 e. The molecular weight excluding hydrogens is 162 g/mol. The Morgan fingerprint density at radius 3 is 2.77 bits per heavy atom. The third-order valence-corrected chi connectivity index (χ3v) is 3.01. The molecule has 0 bridgehead atoms. The van der Waals surface area contributed by atoms with Crippen LogP contribution >= 0.6 is 0 Å². The van der Waals surface area contributed by atoms with E-state index in [9.17, 15) is 0 Å². The van der Waals surface area contributed by atoms with Crippen LogP contribution in [0.15, 0.2) is 0 Å². The summed E-state index contributed by atoms with van der Waals surface area (Å²) in [4.78, 5) is 0. The third kappa shape index (κ3) is 4.07. The molecule has 0 aromatic heterocycles. The number of hydrogen-bond acceptors (Lipinski definition) is 3. The Morgan fingerprint density at radius 1 is 1.23 bits per heavy atom. The van der Waals surface area contributed by atoms with Crippen molar-refractivity contribution in [3.8, 4) is 0 Å². The first-order valence-electron chi connectivity index (χ1n) is 5.50. The third-order valence-electron chi connectivity index (χ3n) is 3.01. The second kappa shape index (κ2) is 6.35. The molecule has 3 nitrogen and oxygen atoms in total. The molecule has 0 heterocycles. The van der Waals surface area contributed by atoms with Crippen LogP contribution in [0.1, 0.15) is 38.5 Å². The molecule has 0 saturated heterocycles. The lowest BCUT2D eigenvalue weighted by Gasteiger charge is -2.29. The molecule has 1 fully saturated rings. The molecule has 1 aliphatic rings. The standard InChI is InChI=1S/C10H23N3/c11-6-2-4-9-3-1-5-10(7-9)13-8-12/h9-10,13H,1-8,11-12H2. The highest BCUT2D eigenvalue weighted by molar-refractivity contribution is 4.77. The van der Waals surface area contributed by atoms with E-state index in [1.807, 2.05) is 0 Å². The topological polar surface area (TPSA) is 64.1 Å². The minimum absolute atomic E-state index is 0.619. The van der Waals surface area contributed by atoms with Crippen LogP contribution in [0.2, 0.25) is 0 Å². The molecule has 0 aromatic rings. The second-order valence-electron chi connectivity index (χ2n) is 4.07. The Morgan fingerprint density at radius 2 is 2.08 bits per heavy atom. The maximum atomic E-state index is 5.50. The molecule has 2 atom stereocenters. The van der Waals surface area contributed by atoms with Gasteiger partial charge in [0.15, 0.2) is 0 Å². The molecule has 13 heavy (non-hydrogen) atoms. The monoisotopic (exact) mass is 185 g/mol. The van der Waals surface area contributed by atoms with E-state index in [4.69, 9.17) is 11.5 Å². The van der Waals surface area contributed by atoms with E-state index >= 15 is 0 Å². The van der Waals surface area contributed by atoms with Crippen LogP contribution in [0.3, 0.4) is 0 Å². The Balaban J connectivity index is 2.16. The number of nitrogens with one attached hydrogen (secondary N) is 1. The summed E-state index contributed by atoms with van der Waals surface area (Å²) in [5, 5.41) is 3.34. The van der Waals surface area contributed by atoms with E-state index in [2.05, 4.69) is 5.32 Å². The van der Waals surface area contributed by atoms with E-state index in [1.54, 1.807) is 0 Å². The van der Waals surface area contributed by atoms with Gasteiger partial charge in [0, 0.05) is 12.7 Å². The Hall–Kier alpha value is -0.120. The van der Waals surface area contributed by atoms with Crippen LogP contribution in [-0.2, 0) is 0 Å². The average Bonchev–Trinajstić information content (AvgIpc) is 2.16. The Bertz CT molecular complexity index is 125. The van der Waals surface area contributed by atoms with E-state index in [0.29, 0.717) is 12.7 Å². The molecule has 78 valence electrons. The Kier molecular flexibility index (Phi) is 5.35. The molecule has 1 saturated carbocycles. The van der Waals surface area contributed by atoms with Gasteiger partial charge in [0.2, 0.25) is 0 Å². The van der Waals surface area contributed by atoms with E-state index in [0.717, 1.165) is 12.5 Å². The zero-order valence-electron chi connectivity index (χ0n) is 8.47. The zero-order valence-corrected chi connectivity index (χ0v) is 8.47. The summed E-state index contributed by atoms with van der Waals surface area (Å²) in [6.45, 7) is 1.46. The van der Waals surface area contributed by atoms with Gasteiger partial charge in [-0.15, -0.1) is 0 Å². The fourth-order valence-electron chi connectivity index (χ4n) is 2.31. The first kappa shape index (κ1) is 11.0. The highest BCUT2D eigenvalue weighted by Gasteiger charge is 2.20. The van der Waals surface area contributed by atoms with Crippen LogP contribution in [0.5, 0.6) is 0 Å². The van der Waals surface area contributed by atoms with Gasteiger partial charge in [0.05, 0.1) is 0 Å². The lowest BCUT2D eigenvalue weighted by atomic mass is 9.83. The quantitative estimate of drug-likeness (QED) is 0.555. The molecule has 0 spiro atoms. The molecule has 0 amide bonds. The van der Waals surface area contributed by atoms with Gasteiger partial charge < -0.3 is 16.8 Å². The summed E-state index contributed by atoms with van der Waals surface area (Å²) in [6.07, 6.45) is 7.84. The van der Waals surface area contributed by atoms with Crippen LogP contribution in [0, 0.1) is 5.92 Å². The van der Waals surface area contributed by atoms with Gasteiger partial charge in [0.1, 0.15) is 0 Å². The first-order chi connectivity index (χ1) is 6.36. The van der Waals surface area contributed by atoms with Crippen LogP contribution in [0.4, 0.5) is 0 Å². The van der Waals surface area contributed by atoms with Gasteiger partial charge in [-0.3, -0.25) is 0 Å². The van der Waals surface area contributed by atoms with Gasteiger partial charge >= 0.3 is 0 Å². The summed E-state index contributed by atoms with van der Waals surface area (Å²) in [7, 11) is 0. The van der Waals surface area contributed by atoms with Gasteiger partial charge in [-0.1, -0.05) is 12.8 Å². The van der Waals surface area contributed by atoms with Crippen molar-refractivity contribution in [1.82, 2.24) is 5.32 Å². The van der Waals surface area contributed by atoms with Crippen LogP contribution < -0.4 is 16.8 Å². The van der Waals surface area contributed by atoms with E-state index in [-0.39, 0.29) is 0 Å². The van der Waals surface area contributed by atoms with Crippen LogP contribution in [0.25, 0.3) is 0 Å². The lowest BCUT2D eigenvalue weighted by Crippen LogP contribution is -2.37. The van der Waals surface area contributed by atoms with Crippen molar-refractivity contribution >= 4 is 0 Å². The molecule has 0 aliphatic heterocycles. The molecule has 1 aliphatic carbocycles. The summed E-state index contributed by atoms with van der Waals surface area (Å²) in [6, 6.07) is 0.668. The molecule has 0 aromatic carbocycles. The van der Waals surface area contributed by atoms with Gasteiger partial charge in [0.25, 0.3) is 0 Å². The molecule has 5 N–H and O–H groups in total. The fraction of sp³-hybridized carbons (Fsp3) is 1.00. The van der Waals surface area contributed by atoms with Gasteiger partial charge in [-0.25, -0.2) is 0 Å². The van der Waals surface area contributed by atoms with E-state index in [1.165, 1.54) is 38.5 Å². The van der Waals surface area contributed by atoms with Crippen molar-refractivity contribution in [2.24, 2.45) is 17.4 Å². The van der Waals surface area contributed by atoms with Crippen molar-refractivity contribution in [3.63, 3.8) is 0 Å². The molecule has 2 unspecified atom stereocenters. The van der Waals surface area contributed by atoms with Crippen molar-refractivity contribution in [3.05, 3.63) is 0 Å². The Labute approximate surface area is 81.2 Å². The highest BCUT2D eigenvalue weighted by atomic mass is 15.0. The van der Waals surface area contributed by atoms with Gasteiger partial charge in [-0.05, 0) is 38.1 Å². The van der Waals surface area contributed by atoms with Crippen molar-refractivity contribution in [1.29, 1.82) is 0 Å². The SMILES string of the molecule is NCCCC1CCCC(NCN)C1. The first-order valence-corrected chi connectivity index (χ1v) is 5.50. The summed E-state index contributed by atoms with van der Waals surface area (Å²) in [5.41, 5.74) is 11.0. The summed E-state index contributed by atoms with van der Waals surface area (Å²) < 4.78 is 0. The lowest BCUT2D eigenvalue weighted by molar-refractivity contribution is 0.272. The predicted octanol–water partition coefficient (Wildman–Crippen LogP) is 0.790. The molecule has 0 radical (unpaired) electrons. The minimum atomic E-state index is 0.619. The van der Waals surface area contributed by atoms with Crippen molar-refractivity contribution in [2.75, 3.05) is 13.2 Å². The van der Waals surface area contributed by atoms with E-state index < -0.39 is 0 Å². The largest absolute Gasteiger partial charge is 0.330 e. The molecule has 3 heteroatoms. The fourth-order valence-corrected chi connectivity index (χ4v) is 2.31. The molecule has 1 rings (SSSR count). The summed E-state index contributed by atoms with van der Waals surface area (Å²) >= 11 is 0. The van der Waals surface area contributed by atoms with Crippen LogP contribution in [-0.4, -0.2) is 19.3 Å². The average molecular weight is 185 g/mol. The van der Waals surface area contributed by atoms with Gasteiger partial charge in [-0.2, -0.15) is 0 Å². The number of nitrogens with two attached hydrogens (primary N) is 2. The number of rotatable bonds is 5. The zero-order chi connectivity index (χ0) is 9.52. The number of hydrogen-bond donors (Lipinski definition) is 3. The minimum Gasteiger partial charge on any atom is -0.330 e. The second-order valence-corrected chi connectivity index (χ2v) is 4.07. The van der Waals surface area contributed by atoms with Crippen molar-refractivity contribution < 1.29 is 0 Å². The maximum Gasteiger partial charge on any atom is 0.0430 e. The summed E-state index contributed by atoms with van der Waals surface area (Å²) in [5.74, 6) is 0.890. The normalized spacial score (nSPS) is 29.1. The predicted molar refractivity (Wildman–Crippen MR) is 56.2 cm³/mol. The van der Waals surface area contributed by atoms with Crippen molar-refractivity contribution in [2.45, 2.75) is 44.6 Å². The maximum absolute atomic E-state index is 5.50. The highest BCUT2D eigenvalue weighted by Crippen LogP contribution is 2.27. The molecular formula is C10H23N3.